The van der Waals surface area contributed by atoms with Crippen LogP contribution in [-0.2, 0) is 11.2 Å². The number of alkyl halides is 1. The van der Waals surface area contributed by atoms with Crippen LogP contribution in [0.15, 0.2) is 12.1 Å². The molecule has 1 atom stereocenters. The van der Waals surface area contributed by atoms with Crippen molar-refractivity contribution in [1.82, 2.24) is 9.55 Å². The number of fused-ring (bicyclic) bond motifs is 1. The van der Waals surface area contributed by atoms with Gasteiger partial charge >= 0.3 is 0 Å². The molecule has 19 heavy (non-hydrogen) atoms. The van der Waals surface area contributed by atoms with Crippen molar-refractivity contribution in [2.24, 2.45) is 0 Å². The molecule has 0 amide bonds. The summed E-state index contributed by atoms with van der Waals surface area (Å²) < 4.78 is 20.8. The first kappa shape index (κ1) is 14.6. The van der Waals surface area contributed by atoms with Crippen LogP contribution in [0.3, 0.4) is 0 Å². The van der Waals surface area contributed by atoms with E-state index in [1.165, 1.54) is 6.07 Å². The van der Waals surface area contributed by atoms with Gasteiger partial charge in [0.2, 0.25) is 0 Å². The van der Waals surface area contributed by atoms with Gasteiger partial charge in [0.05, 0.1) is 28.7 Å². The first-order valence-corrected chi connectivity index (χ1v) is 6.90. The summed E-state index contributed by atoms with van der Waals surface area (Å²) >= 11 is 11.6. The van der Waals surface area contributed by atoms with Crippen LogP contribution in [0, 0.1) is 5.82 Å². The summed E-state index contributed by atoms with van der Waals surface area (Å²) in [6.07, 6.45) is 0.615. The zero-order chi connectivity index (χ0) is 14.0. The molecule has 104 valence electrons. The van der Waals surface area contributed by atoms with Gasteiger partial charge in [-0.05, 0) is 13.0 Å². The second kappa shape index (κ2) is 6.07. The Morgan fingerprint density at radius 3 is 2.84 bits per heavy atom. The minimum atomic E-state index is -0.447. The minimum Gasteiger partial charge on any atom is -0.383 e. The van der Waals surface area contributed by atoms with E-state index in [-0.39, 0.29) is 11.1 Å². The van der Waals surface area contributed by atoms with Crippen molar-refractivity contribution < 1.29 is 9.13 Å². The van der Waals surface area contributed by atoms with Crippen LogP contribution >= 0.6 is 23.2 Å². The molecule has 2 rings (SSSR count). The number of hydrogen-bond acceptors (Lipinski definition) is 2. The zero-order valence-corrected chi connectivity index (χ0v) is 12.3. The minimum absolute atomic E-state index is 0.0498. The van der Waals surface area contributed by atoms with E-state index in [2.05, 4.69) is 4.98 Å². The first-order valence-electron chi connectivity index (χ1n) is 5.99. The second-order valence-corrected chi connectivity index (χ2v) is 5.18. The molecular weight excluding hydrogens is 290 g/mol. The van der Waals surface area contributed by atoms with Crippen molar-refractivity contribution in [2.75, 3.05) is 19.6 Å². The van der Waals surface area contributed by atoms with Crippen molar-refractivity contribution >= 4 is 34.2 Å². The normalized spacial score (nSPS) is 13.1. The summed E-state index contributed by atoms with van der Waals surface area (Å²) in [5, 5.41) is 0.0777. The number of hydrogen-bond donors (Lipinski definition) is 0. The van der Waals surface area contributed by atoms with Gasteiger partial charge in [-0.3, -0.25) is 0 Å². The van der Waals surface area contributed by atoms with E-state index in [1.807, 2.05) is 11.5 Å². The molecule has 0 radical (unpaired) electrons. The second-order valence-electron chi connectivity index (χ2n) is 4.40. The zero-order valence-electron chi connectivity index (χ0n) is 10.8. The molecule has 6 heteroatoms. The highest BCUT2D eigenvalue weighted by Gasteiger charge is 2.17. The van der Waals surface area contributed by atoms with Gasteiger partial charge in [0.1, 0.15) is 11.6 Å². The molecule has 0 fully saturated rings. The molecule has 1 aromatic carbocycles. The molecular formula is C13H15Cl2FN2O. The van der Waals surface area contributed by atoms with Crippen molar-refractivity contribution in [3.05, 3.63) is 28.8 Å². The summed E-state index contributed by atoms with van der Waals surface area (Å²) in [4.78, 5) is 4.48. The van der Waals surface area contributed by atoms with Crippen LogP contribution in [0.2, 0.25) is 5.02 Å². The average Bonchev–Trinajstić information content (AvgIpc) is 2.68. The monoisotopic (exact) mass is 304 g/mol. The third-order valence-corrected chi connectivity index (χ3v) is 3.45. The summed E-state index contributed by atoms with van der Waals surface area (Å²) in [7, 11) is 1.63. The predicted octanol–water partition coefficient (Wildman–Crippen LogP) is 3.82. The van der Waals surface area contributed by atoms with Crippen LogP contribution in [0.25, 0.3) is 11.0 Å². The smallest absolute Gasteiger partial charge is 0.144 e. The lowest BCUT2D eigenvalue weighted by atomic mass is 10.2. The van der Waals surface area contributed by atoms with Gasteiger partial charge in [0.25, 0.3) is 0 Å². The van der Waals surface area contributed by atoms with E-state index in [4.69, 9.17) is 27.9 Å². The number of aryl methyl sites for hydroxylation is 1. The van der Waals surface area contributed by atoms with Crippen molar-refractivity contribution in [2.45, 2.75) is 19.4 Å². The van der Waals surface area contributed by atoms with E-state index in [9.17, 15) is 4.39 Å². The van der Waals surface area contributed by atoms with Crippen LogP contribution < -0.4 is 0 Å². The van der Waals surface area contributed by atoms with E-state index >= 15 is 0 Å². The largest absolute Gasteiger partial charge is 0.383 e. The number of imidazole rings is 1. The Morgan fingerprint density at radius 2 is 2.21 bits per heavy atom. The standard InChI is InChI=1S/C13H15Cl2FN2O/c1-8(7-19-2)18-12-6-10(16)9(15)5-11(12)17-13(18)3-4-14/h5-6,8H,3-4,7H2,1-2H3. The number of rotatable bonds is 5. The predicted molar refractivity (Wildman–Crippen MR) is 75.7 cm³/mol. The van der Waals surface area contributed by atoms with E-state index in [1.54, 1.807) is 13.2 Å². The molecule has 0 N–H and O–H groups in total. The molecule has 1 aromatic heterocycles. The summed E-state index contributed by atoms with van der Waals surface area (Å²) in [6, 6.07) is 3.00. The van der Waals surface area contributed by atoms with Gasteiger partial charge in [0.15, 0.2) is 0 Å². The van der Waals surface area contributed by atoms with Crippen LogP contribution in [0.4, 0.5) is 4.39 Å². The fourth-order valence-corrected chi connectivity index (χ4v) is 2.54. The lowest BCUT2D eigenvalue weighted by molar-refractivity contribution is 0.162. The number of aromatic nitrogens is 2. The third kappa shape index (κ3) is 2.86. The maximum atomic E-state index is 13.6. The molecule has 0 spiro atoms. The molecule has 0 aliphatic heterocycles. The number of benzene rings is 1. The molecule has 1 unspecified atom stereocenters. The average molecular weight is 305 g/mol. The Kier molecular flexibility index (Phi) is 4.66. The fraction of sp³-hybridized carbons (Fsp3) is 0.462. The summed E-state index contributed by atoms with van der Waals surface area (Å²) in [6.45, 7) is 2.51. The molecule has 0 bridgehead atoms. The highest BCUT2D eigenvalue weighted by atomic mass is 35.5. The first-order chi connectivity index (χ1) is 9.08. The molecule has 3 nitrogen and oxygen atoms in total. The summed E-state index contributed by atoms with van der Waals surface area (Å²) in [5.74, 6) is 0.827. The molecule has 0 saturated carbocycles. The highest BCUT2D eigenvalue weighted by Crippen LogP contribution is 2.27. The Labute approximate surface area is 121 Å². The number of nitrogens with zero attached hydrogens (tertiary/aromatic N) is 2. The topological polar surface area (TPSA) is 27.1 Å². The van der Waals surface area contributed by atoms with Crippen LogP contribution in [-0.4, -0.2) is 29.1 Å². The summed E-state index contributed by atoms with van der Waals surface area (Å²) in [5.41, 5.74) is 1.39. The molecule has 0 saturated heterocycles. The Bertz CT molecular complexity index is 586. The molecule has 0 aliphatic carbocycles. The van der Waals surface area contributed by atoms with E-state index in [0.29, 0.717) is 29.9 Å². The number of ether oxygens (including phenoxy) is 1. The van der Waals surface area contributed by atoms with Gasteiger partial charge < -0.3 is 9.30 Å². The van der Waals surface area contributed by atoms with Crippen LogP contribution in [0.5, 0.6) is 0 Å². The Hall–Kier alpha value is -0.840. The fourth-order valence-electron chi connectivity index (χ4n) is 2.21. The molecule has 1 heterocycles. The Balaban J connectivity index is 2.61. The molecule has 0 aliphatic rings. The van der Waals surface area contributed by atoms with Crippen molar-refractivity contribution in [3.8, 4) is 0 Å². The van der Waals surface area contributed by atoms with Crippen molar-refractivity contribution in [1.29, 1.82) is 0 Å². The highest BCUT2D eigenvalue weighted by molar-refractivity contribution is 6.31. The number of methoxy groups -OCH3 is 1. The van der Waals surface area contributed by atoms with Gasteiger partial charge in [-0.25, -0.2) is 9.37 Å². The van der Waals surface area contributed by atoms with E-state index in [0.717, 1.165) is 5.82 Å². The van der Waals surface area contributed by atoms with Gasteiger partial charge in [-0.1, -0.05) is 11.6 Å². The van der Waals surface area contributed by atoms with Crippen molar-refractivity contribution in [3.63, 3.8) is 0 Å². The third-order valence-electron chi connectivity index (χ3n) is 2.97. The Morgan fingerprint density at radius 1 is 1.47 bits per heavy atom. The molecule has 2 aromatic rings. The van der Waals surface area contributed by atoms with Crippen LogP contribution in [0.1, 0.15) is 18.8 Å². The lowest BCUT2D eigenvalue weighted by Crippen LogP contribution is -2.14. The quantitative estimate of drug-likeness (QED) is 0.785. The maximum absolute atomic E-state index is 13.6. The van der Waals surface area contributed by atoms with Gasteiger partial charge in [-0.15, -0.1) is 11.6 Å². The van der Waals surface area contributed by atoms with E-state index < -0.39 is 5.82 Å². The van der Waals surface area contributed by atoms with Gasteiger partial charge in [0, 0.05) is 25.5 Å². The maximum Gasteiger partial charge on any atom is 0.144 e. The lowest BCUT2D eigenvalue weighted by Gasteiger charge is -2.16. The van der Waals surface area contributed by atoms with Gasteiger partial charge in [-0.2, -0.15) is 0 Å². The SMILES string of the molecule is COCC(C)n1c(CCCl)nc2cc(Cl)c(F)cc21. The number of halogens is 3.